The fourth-order valence-corrected chi connectivity index (χ4v) is 5.67. The van der Waals surface area contributed by atoms with E-state index in [-0.39, 0.29) is 17.4 Å². The molecule has 0 radical (unpaired) electrons. The van der Waals surface area contributed by atoms with Crippen molar-refractivity contribution in [3.63, 3.8) is 0 Å². The van der Waals surface area contributed by atoms with Crippen LogP contribution in [0.2, 0.25) is 0 Å². The number of benzene rings is 4. The first kappa shape index (κ1) is 29.8. The maximum absolute atomic E-state index is 13.9. The molecule has 234 valence electrons. The number of para-hydroxylation sites is 3. The van der Waals surface area contributed by atoms with Crippen molar-refractivity contribution >= 4 is 32.6 Å². The van der Waals surface area contributed by atoms with Gasteiger partial charge in [0.25, 0.3) is 0 Å². The van der Waals surface area contributed by atoms with Gasteiger partial charge in [-0.2, -0.15) is 53.9 Å². The predicted molar refractivity (Wildman–Crippen MR) is 158 cm³/mol. The Bertz CT molecular complexity index is 2540. The van der Waals surface area contributed by atoms with Gasteiger partial charge in [0.15, 0.2) is 22.5 Å². The monoisotopic (exact) mass is 648 g/mol. The molecule has 0 N–H and O–H groups in total. The van der Waals surface area contributed by atoms with Crippen LogP contribution in [-0.4, -0.2) is 8.80 Å². The normalized spacial score (nSPS) is 12.3. The Kier molecular flexibility index (Phi) is 6.74. The van der Waals surface area contributed by atoms with Crippen molar-refractivity contribution in [3.8, 4) is 11.4 Å². The third-order valence-corrected chi connectivity index (χ3v) is 7.81. The van der Waals surface area contributed by atoms with Gasteiger partial charge in [-0.3, -0.25) is 0 Å². The van der Waals surface area contributed by atoms with Crippen LogP contribution in [0.5, 0.6) is 0 Å². The number of alkyl halides is 6. The highest BCUT2D eigenvalue weighted by Crippen LogP contribution is 2.36. The third kappa shape index (κ3) is 5.09. The molecule has 0 fully saturated rings. The number of rotatable bonds is 2. The summed E-state index contributed by atoms with van der Waals surface area (Å²) in [4.78, 5) is 25.2. The van der Waals surface area contributed by atoms with E-state index in [4.69, 9.17) is 0 Å². The molecule has 4 aromatic carbocycles. The minimum Gasteiger partial charge on any atom is -0.202 e. The summed E-state index contributed by atoms with van der Waals surface area (Å²) >= 11 is 0. The van der Waals surface area contributed by atoms with E-state index >= 15 is 0 Å². The highest BCUT2D eigenvalue weighted by molar-refractivity contribution is 5.95. The second-order valence-electron chi connectivity index (χ2n) is 10.7. The fourth-order valence-electron chi connectivity index (χ4n) is 5.67. The summed E-state index contributed by atoms with van der Waals surface area (Å²) in [5.41, 5.74) is -2.85. The van der Waals surface area contributed by atoms with E-state index in [0.717, 1.165) is 26.2 Å². The molecular weight excluding hydrogens is 629 g/mol. The van der Waals surface area contributed by atoms with Crippen LogP contribution < -0.4 is 20.5 Å². The van der Waals surface area contributed by atoms with E-state index < -0.39 is 40.7 Å². The van der Waals surface area contributed by atoms with Crippen LogP contribution in [0.4, 0.5) is 30.7 Å². The van der Waals surface area contributed by atoms with Gasteiger partial charge >= 0.3 is 23.7 Å². The van der Waals surface area contributed by atoms with Gasteiger partial charge in [0.1, 0.15) is 30.5 Å². The van der Waals surface area contributed by atoms with Crippen molar-refractivity contribution < 1.29 is 39.9 Å². The molecule has 47 heavy (non-hydrogen) atoms. The summed E-state index contributed by atoms with van der Waals surface area (Å²) in [6, 6.07) is 21.7. The number of halogens is 7. The molecule has 4 heterocycles. The number of hydrogen-bond acceptors (Lipinski definition) is 2. The predicted octanol–water partition coefficient (Wildman–Crippen LogP) is 6.51. The zero-order valence-corrected chi connectivity index (χ0v) is 23.7. The lowest BCUT2D eigenvalue weighted by Crippen LogP contribution is -2.50. The minimum atomic E-state index is -4.99. The fraction of sp³-hybridized carbons (Fsp3) is 0.0588. The molecule has 0 atom stereocenters. The van der Waals surface area contributed by atoms with Gasteiger partial charge < -0.3 is 0 Å². The van der Waals surface area contributed by atoms with Crippen molar-refractivity contribution in [2.45, 2.75) is 12.4 Å². The average molecular weight is 649 g/mol. The van der Waals surface area contributed by atoms with Gasteiger partial charge in [-0.15, -0.1) is 0 Å². The highest BCUT2D eigenvalue weighted by Gasteiger charge is 2.38. The van der Waals surface area contributed by atoms with Gasteiger partial charge in [0, 0.05) is 10.8 Å². The molecule has 0 aliphatic carbocycles. The summed E-state index contributed by atoms with van der Waals surface area (Å²) in [5.74, 6) is -0.417. The zero-order valence-electron chi connectivity index (χ0n) is 23.7. The summed E-state index contributed by atoms with van der Waals surface area (Å²) < 4.78 is 97.3. The van der Waals surface area contributed by atoms with E-state index in [2.05, 4.69) is 0 Å². The molecule has 6 nitrogen and oxygen atoms in total. The van der Waals surface area contributed by atoms with E-state index in [1.54, 1.807) is 59.3 Å². The highest BCUT2D eigenvalue weighted by atomic mass is 19.4. The van der Waals surface area contributed by atoms with Crippen LogP contribution in [0.15, 0.2) is 125 Å². The lowest BCUT2D eigenvalue weighted by atomic mass is 10.1. The molecule has 0 bridgehead atoms. The standard InChI is InChI=1S/C18H9F6N2O.C16H10FN2O/c19-17(20,21)12-6-13(18(22,23)24)8-14(7-12)26-9-11-3-1-2-10-4-5-25(15(10)11)16(26)27;17-13-6-1-2-7-14(13)19-10-12-5-3-4-11-8-9-18(15(11)12)16(19)20/h1-9H;1-10H/q2*+1. The number of hydrogen-bond donors (Lipinski definition) is 0. The summed E-state index contributed by atoms with van der Waals surface area (Å²) in [6.45, 7) is 0. The van der Waals surface area contributed by atoms with E-state index in [9.17, 15) is 40.3 Å². The topological polar surface area (TPSA) is 50.7 Å². The van der Waals surface area contributed by atoms with Crippen LogP contribution in [0, 0.1) is 5.82 Å². The molecule has 0 saturated heterocycles. The van der Waals surface area contributed by atoms with E-state index in [1.807, 2.05) is 24.3 Å². The quantitative estimate of drug-likeness (QED) is 0.159. The lowest BCUT2D eigenvalue weighted by Gasteiger charge is -2.13. The second kappa shape index (κ2) is 10.6. The summed E-state index contributed by atoms with van der Waals surface area (Å²) in [7, 11) is 0. The van der Waals surface area contributed by atoms with Crippen molar-refractivity contribution in [1.29, 1.82) is 0 Å². The molecule has 8 rings (SSSR count). The number of aromatic nitrogens is 4. The van der Waals surface area contributed by atoms with Crippen molar-refractivity contribution in [1.82, 2.24) is 8.80 Å². The Labute approximate surface area is 258 Å². The van der Waals surface area contributed by atoms with Crippen molar-refractivity contribution in [3.05, 3.63) is 154 Å². The van der Waals surface area contributed by atoms with Crippen molar-refractivity contribution in [2.24, 2.45) is 0 Å². The zero-order chi connectivity index (χ0) is 33.2. The molecule has 0 unspecified atom stereocenters. The molecule has 13 heteroatoms. The molecule has 0 aliphatic rings. The maximum atomic E-state index is 13.9. The first-order chi connectivity index (χ1) is 22.3. The molecule has 0 amide bonds. The Morgan fingerprint density at radius 1 is 0.532 bits per heavy atom. The summed E-state index contributed by atoms with van der Waals surface area (Å²) in [5, 5.41) is 3.13. The Morgan fingerprint density at radius 2 is 1.00 bits per heavy atom. The molecule has 0 spiro atoms. The number of nitrogens with zero attached hydrogens (tertiary/aromatic N) is 4. The molecular formula is C34H19F7N4O2+2. The van der Waals surface area contributed by atoms with Gasteiger partial charge in [-0.1, -0.05) is 36.4 Å². The van der Waals surface area contributed by atoms with Crippen molar-refractivity contribution in [2.75, 3.05) is 0 Å². The first-order valence-corrected chi connectivity index (χ1v) is 13.9. The van der Waals surface area contributed by atoms with Crippen LogP contribution in [-0.2, 0) is 12.4 Å². The van der Waals surface area contributed by atoms with E-state index in [1.165, 1.54) is 27.4 Å². The van der Waals surface area contributed by atoms with Gasteiger partial charge in [0.05, 0.1) is 21.9 Å². The Morgan fingerprint density at radius 3 is 1.51 bits per heavy atom. The SMILES string of the molecule is O=c1n2ccc3cccc(c[n+]1-c1cc(C(F)(F)F)cc(C(F)(F)F)c1)c32.O=c1n2ccc3cccc(c[n+]1-c1ccccc1F)c32. The van der Waals surface area contributed by atoms with Gasteiger partial charge in [-0.05, 0) is 54.6 Å². The molecule has 0 saturated carbocycles. The molecule has 0 aliphatic heterocycles. The smallest absolute Gasteiger partial charge is 0.202 e. The first-order valence-electron chi connectivity index (χ1n) is 13.9. The Balaban J connectivity index is 0.000000156. The van der Waals surface area contributed by atoms with Gasteiger partial charge in [-0.25, -0.2) is 4.39 Å². The van der Waals surface area contributed by atoms with Gasteiger partial charge in [0.2, 0.25) is 0 Å². The molecule has 4 aromatic heterocycles. The van der Waals surface area contributed by atoms with E-state index in [0.29, 0.717) is 23.0 Å². The van der Waals surface area contributed by atoms with Crippen LogP contribution in [0.1, 0.15) is 11.1 Å². The van der Waals surface area contributed by atoms with Crippen LogP contribution in [0.25, 0.3) is 44.0 Å². The average Bonchev–Trinajstić information content (AvgIpc) is 3.67. The largest absolute Gasteiger partial charge is 0.508 e. The van der Waals surface area contributed by atoms with Crippen LogP contribution >= 0.6 is 0 Å². The maximum Gasteiger partial charge on any atom is 0.508 e. The van der Waals surface area contributed by atoms with Crippen LogP contribution in [0.3, 0.4) is 0 Å². The minimum absolute atomic E-state index is 0.0275. The lowest BCUT2D eigenvalue weighted by molar-refractivity contribution is -0.616. The summed E-state index contributed by atoms with van der Waals surface area (Å²) in [6.07, 6.45) is -3.92. The third-order valence-electron chi connectivity index (χ3n) is 7.81. The molecule has 8 aromatic rings. The Hall–Kier alpha value is -5.85. The second-order valence-corrected chi connectivity index (χ2v) is 10.7.